The number of rotatable bonds is 5. The average molecular weight is 304 g/mol. The minimum absolute atomic E-state index is 0.0507. The molecular formula is C10H10F2N4O3S. The summed E-state index contributed by atoms with van der Waals surface area (Å²) in [6.07, 6.45) is -2.33. The topological polar surface area (TPSA) is 100 Å². The summed E-state index contributed by atoms with van der Waals surface area (Å²) in [4.78, 5) is 11.5. The van der Waals surface area contributed by atoms with Crippen LogP contribution >= 0.6 is 11.3 Å². The van der Waals surface area contributed by atoms with Crippen LogP contribution in [0.5, 0.6) is 0 Å². The highest BCUT2D eigenvalue weighted by molar-refractivity contribution is 7.15. The number of halogens is 2. The molecule has 0 saturated heterocycles. The third-order valence-corrected chi connectivity index (χ3v) is 3.02. The molecule has 0 aliphatic carbocycles. The van der Waals surface area contributed by atoms with Crippen LogP contribution in [-0.2, 0) is 0 Å². The molecule has 0 bridgehead atoms. The number of nitrogens with zero attached hydrogens (tertiary/aromatic N) is 2. The number of amides is 2. The molecule has 1 unspecified atom stereocenters. The Bertz CT molecular complexity index is 561. The summed E-state index contributed by atoms with van der Waals surface area (Å²) in [5, 5.41) is 20.3. The molecule has 0 aromatic carbocycles. The number of furan rings is 1. The zero-order chi connectivity index (χ0) is 14.5. The van der Waals surface area contributed by atoms with Gasteiger partial charge in [0.15, 0.2) is 5.01 Å². The monoisotopic (exact) mass is 304 g/mol. The number of aliphatic hydroxyl groups is 1. The molecule has 7 nitrogen and oxygen atoms in total. The first-order valence-corrected chi connectivity index (χ1v) is 6.26. The van der Waals surface area contributed by atoms with E-state index in [4.69, 9.17) is 4.42 Å². The number of alkyl halides is 2. The van der Waals surface area contributed by atoms with E-state index in [9.17, 15) is 18.7 Å². The van der Waals surface area contributed by atoms with Gasteiger partial charge in [-0.25, -0.2) is 13.6 Å². The summed E-state index contributed by atoms with van der Waals surface area (Å²) >= 11 is 0.576. The van der Waals surface area contributed by atoms with Gasteiger partial charge >= 0.3 is 6.03 Å². The summed E-state index contributed by atoms with van der Waals surface area (Å²) in [6, 6.07) is 2.47. The van der Waals surface area contributed by atoms with Crippen molar-refractivity contribution in [1.29, 1.82) is 0 Å². The zero-order valence-electron chi connectivity index (χ0n) is 9.92. The molecule has 0 aliphatic heterocycles. The van der Waals surface area contributed by atoms with E-state index in [0.29, 0.717) is 17.1 Å². The van der Waals surface area contributed by atoms with Gasteiger partial charge in [-0.1, -0.05) is 11.3 Å². The fourth-order valence-corrected chi connectivity index (χ4v) is 1.88. The Balaban J connectivity index is 1.80. The van der Waals surface area contributed by atoms with Crippen molar-refractivity contribution in [2.24, 2.45) is 0 Å². The molecule has 108 valence electrons. The fourth-order valence-electron chi connectivity index (χ4n) is 1.29. The maximum absolute atomic E-state index is 12.3. The second-order valence-corrected chi connectivity index (χ2v) is 4.62. The van der Waals surface area contributed by atoms with Crippen LogP contribution in [0.3, 0.4) is 0 Å². The van der Waals surface area contributed by atoms with Crippen molar-refractivity contribution < 1.29 is 23.1 Å². The third kappa shape index (κ3) is 3.71. The summed E-state index contributed by atoms with van der Waals surface area (Å²) in [5.41, 5.74) is 0. The third-order valence-electron chi connectivity index (χ3n) is 2.18. The van der Waals surface area contributed by atoms with E-state index in [1.807, 2.05) is 0 Å². The Kier molecular flexibility index (Phi) is 4.58. The van der Waals surface area contributed by atoms with Gasteiger partial charge in [0, 0.05) is 0 Å². The van der Waals surface area contributed by atoms with E-state index in [0.717, 1.165) is 0 Å². The zero-order valence-corrected chi connectivity index (χ0v) is 10.7. The molecule has 0 spiro atoms. The molecule has 20 heavy (non-hydrogen) atoms. The number of carbonyl (C=O) groups excluding carboxylic acids is 1. The highest BCUT2D eigenvalue weighted by Gasteiger charge is 2.16. The van der Waals surface area contributed by atoms with Gasteiger partial charge in [0.2, 0.25) is 5.13 Å². The number of hydrogen-bond acceptors (Lipinski definition) is 6. The van der Waals surface area contributed by atoms with Crippen molar-refractivity contribution in [1.82, 2.24) is 15.5 Å². The Morgan fingerprint density at radius 3 is 2.90 bits per heavy atom. The Morgan fingerprint density at radius 1 is 1.50 bits per heavy atom. The molecule has 10 heteroatoms. The second kappa shape index (κ2) is 6.39. The maximum Gasteiger partial charge on any atom is 0.321 e. The highest BCUT2D eigenvalue weighted by atomic mass is 32.1. The van der Waals surface area contributed by atoms with Gasteiger partial charge in [-0.3, -0.25) is 5.32 Å². The van der Waals surface area contributed by atoms with Crippen LogP contribution in [0, 0.1) is 0 Å². The lowest BCUT2D eigenvalue weighted by Crippen LogP contribution is -2.32. The number of urea groups is 1. The summed E-state index contributed by atoms with van der Waals surface area (Å²) in [5.74, 6) is 0.307. The minimum atomic E-state index is -2.73. The standard InChI is InChI=1S/C10H10F2N4O3S/c11-7(12)8-15-16-10(20-8)14-9(18)13-4-5(17)6-2-1-3-19-6/h1-3,5,7,17H,4H2,(H2,13,14,16,18). The van der Waals surface area contributed by atoms with E-state index in [2.05, 4.69) is 20.8 Å². The van der Waals surface area contributed by atoms with E-state index in [1.165, 1.54) is 6.26 Å². The molecule has 0 saturated carbocycles. The molecule has 0 aliphatic rings. The van der Waals surface area contributed by atoms with Gasteiger partial charge in [0.25, 0.3) is 6.43 Å². The first kappa shape index (κ1) is 14.3. The van der Waals surface area contributed by atoms with Crippen molar-refractivity contribution in [3.8, 4) is 0 Å². The van der Waals surface area contributed by atoms with Crippen molar-refractivity contribution in [3.05, 3.63) is 29.2 Å². The number of carbonyl (C=O) groups is 1. The van der Waals surface area contributed by atoms with E-state index >= 15 is 0 Å². The normalized spacial score (nSPS) is 12.4. The summed E-state index contributed by atoms with van der Waals surface area (Å²) in [7, 11) is 0. The number of hydrogen-bond donors (Lipinski definition) is 3. The van der Waals surface area contributed by atoms with Crippen LogP contribution < -0.4 is 10.6 Å². The molecule has 3 N–H and O–H groups in total. The Morgan fingerprint density at radius 2 is 2.30 bits per heavy atom. The summed E-state index contributed by atoms with van der Waals surface area (Å²) < 4.78 is 29.5. The van der Waals surface area contributed by atoms with Crippen LogP contribution in [-0.4, -0.2) is 27.9 Å². The van der Waals surface area contributed by atoms with Crippen molar-refractivity contribution in [2.75, 3.05) is 11.9 Å². The van der Waals surface area contributed by atoms with E-state index in [-0.39, 0.29) is 11.7 Å². The summed E-state index contributed by atoms with van der Waals surface area (Å²) in [6.45, 7) is -0.0974. The number of nitrogens with one attached hydrogen (secondary N) is 2. The van der Waals surface area contributed by atoms with Crippen molar-refractivity contribution >= 4 is 22.5 Å². The molecule has 2 aromatic rings. The van der Waals surface area contributed by atoms with Gasteiger partial charge in [-0.2, -0.15) is 0 Å². The van der Waals surface area contributed by atoms with Crippen molar-refractivity contribution in [2.45, 2.75) is 12.5 Å². The molecule has 0 fully saturated rings. The van der Waals surface area contributed by atoms with Gasteiger partial charge in [-0.05, 0) is 12.1 Å². The Hall–Kier alpha value is -2.07. The first-order valence-electron chi connectivity index (χ1n) is 5.44. The van der Waals surface area contributed by atoms with E-state index < -0.39 is 23.6 Å². The number of anilines is 1. The predicted octanol–water partition coefficient (Wildman–Crippen LogP) is 1.92. The predicted molar refractivity (Wildman–Crippen MR) is 65.6 cm³/mol. The van der Waals surface area contributed by atoms with Crippen LogP contribution in [0.25, 0.3) is 0 Å². The van der Waals surface area contributed by atoms with Gasteiger partial charge < -0.3 is 14.8 Å². The Labute approximate surface area is 115 Å². The molecule has 2 amide bonds. The van der Waals surface area contributed by atoms with Gasteiger partial charge in [-0.15, -0.1) is 10.2 Å². The molecule has 2 heterocycles. The SMILES string of the molecule is O=C(NCC(O)c1ccco1)Nc1nnc(C(F)F)s1. The molecule has 2 rings (SSSR count). The number of aliphatic hydroxyl groups excluding tert-OH is 1. The molecular weight excluding hydrogens is 294 g/mol. The largest absolute Gasteiger partial charge is 0.467 e. The lowest BCUT2D eigenvalue weighted by atomic mass is 10.3. The van der Waals surface area contributed by atoms with Crippen LogP contribution in [0.1, 0.15) is 23.3 Å². The average Bonchev–Trinajstić information content (AvgIpc) is 3.06. The quantitative estimate of drug-likeness (QED) is 0.783. The van der Waals surface area contributed by atoms with Gasteiger partial charge in [0.05, 0.1) is 12.8 Å². The highest BCUT2D eigenvalue weighted by Crippen LogP contribution is 2.24. The van der Waals surface area contributed by atoms with Gasteiger partial charge in [0.1, 0.15) is 11.9 Å². The van der Waals surface area contributed by atoms with E-state index in [1.54, 1.807) is 12.1 Å². The van der Waals surface area contributed by atoms with Crippen molar-refractivity contribution in [3.63, 3.8) is 0 Å². The molecule has 1 atom stereocenters. The second-order valence-electron chi connectivity index (χ2n) is 3.61. The molecule has 2 aromatic heterocycles. The lowest BCUT2D eigenvalue weighted by Gasteiger charge is -2.09. The fraction of sp³-hybridized carbons (Fsp3) is 0.300. The van der Waals surface area contributed by atoms with Crippen LogP contribution in [0.4, 0.5) is 18.7 Å². The lowest BCUT2D eigenvalue weighted by molar-refractivity contribution is 0.149. The minimum Gasteiger partial charge on any atom is -0.467 e. The molecule has 0 radical (unpaired) electrons. The van der Waals surface area contributed by atoms with Crippen LogP contribution in [0.15, 0.2) is 22.8 Å². The first-order chi connectivity index (χ1) is 9.56. The number of aromatic nitrogens is 2. The van der Waals surface area contributed by atoms with Crippen LogP contribution in [0.2, 0.25) is 0 Å². The smallest absolute Gasteiger partial charge is 0.321 e. The maximum atomic E-state index is 12.3.